The summed E-state index contributed by atoms with van der Waals surface area (Å²) in [6, 6.07) is 91.0. The van der Waals surface area contributed by atoms with Crippen LogP contribution in [-0.2, 0) is 65.4 Å². The van der Waals surface area contributed by atoms with Gasteiger partial charge in [0.15, 0.2) is 0 Å². The van der Waals surface area contributed by atoms with Gasteiger partial charge >= 0.3 is 26.2 Å². The Morgan fingerprint density at radius 3 is 0.747 bits per heavy atom. The van der Waals surface area contributed by atoms with Crippen molar-refractivity contribution in [2.24, 2.45) is 28.7 Å². The molecule has 0 aromatic heterocycles. The van der Waals surface area contributed by atoms with Crippen molar-refractivity contribution in [1.82, 2.24) is 0 Å². The van der Waals surface area contributed by atoms with E-state index >= 15 is 0 Å². The molecule has 0 saturated carbocycles. The maximum atomic E-state index is 4.91. The summed E-state index contributed by atoms with van der Waals surface area (Å²) in [4.78, 5) is 4.91. The maximum absolute atomic E-state index is 4.91. The number of benzene rings is 9. The van der Waals surface area contributed by atoms with Crippen molar-refractivity contribution < 1.29 is 52.4 Å². The SMILES string of the molecule is CC(CCc1ccccc1)=NC(C(C)C)C(C)C.CC([N-]Cc1ccccc1)[N-]C(C(C)C)C(C)C.[CH2-]c1ccccc1.[CH2-]c1ccccc1.[CH2-]c1ccccc1.[CH2-]c1ccccc1.[CH2-]c1ccccc1.[CH2-]c1ccccc1.[CH2-]c1ccccc1.[Zr+4].[Zr]. The van der Waals surface area contributed by atoms with E-state index in [1.807, 2.05) is 218 Å². The third kappa shape index (κ3) is 48.2. The topological polar surface area (TPSA) is 40.6 Å². The average molecular weight is 1310 g/mol. The van der Waals surface area contributed by atoms with E-state index in [0.717, 1.165) is 58.3 Å². The van der Waals surface area contributed by atoms with Crippen molar-refractivity contribution >= 4 is 5.71 Å². The predicted molar refractivity (Wildman–Crippen MR) is 377 cm³/mol. The van der Waals surface area contributed by atoms with Gasteiger partial charge in [-0.3, -0.25) is 4.99 Å². The van der Waals surface area contributed by atoms with E-state index in [1.165, 1.54) is 16.8 Å². The number of nitrogens with zero attached hydrogens (tertiary/aromatic N) is 3. The third-order valence-electron chi connectivity index (χ3n) is 12.4. The van der Waals surface area contributed by atoms with Gasteiger partial charge in [-0.15, -0.1) is 104 Å². The van der Waals surface area contributed by atoms with Crippen LogP contribution in [0.1, 0.15) is 126 Å². The molecule has 9 rings (SSSR count). The molecule has 0 N–H and O–H groups in total. The van der Waals surface area contributed by atoms with Gasteiger partial charge in [0.2, 0.25) is 0 Å². The summed E-state index contributed by atoms with van der Waals surface area (Å²) in [5, 5.41) is 9.46. The molecule has 9 aromatic carbocycles. The number of hydrogen-bond acceptors (Lipinski definition) is 1. The molecule has 0 aliphatic rings. The van der Waals surface area contributed by atoms with Gasteiger partial charge in [-0.2, -0.15) is 172 Å². The molecule has 3 nitrogen and oxygen atoms in total. The Labute approximate surface area is 571 Å². The largest absolute Gasteiger partial charge is 4.00 e. The molecule has 87 heavy (non-hydrogen) atoms. The standard InChI is InChI=1S/C17H27N.C16H26N2.7C7H7.2Zr/c1-13(2)17(14(3)4)18-15(5)11-12-16-9-7-6-8-10-16;1-12(2)16(13(3)4)18-14(5)17-11-15-9-7-6-8-10-15;7*1-7-5-3-2-4-6-7;;/h6-10,13-14,17H,11-12H2,1-5H3;6-10,12-14,16H,11H2,1-5H3;7*2-6H,1H2;;/q;-2;7*-1;;+4. The van der Waals surface area contributed by atoms with Crippen LogP contribution in [0.15, 0.2) is 278 Å². The average Bonchev–Trinajstić information content (AvgIpc) is 3.61. The van der Waals surface area contributed by atoms with Crippen LogP contribution in [0.5, 0.6) is 0 Å². The summed E-state index contributed by atoms with van der Waals surface area (Å²) < 4.78 is 0. The summed E-state index contributed by atoms with van der Waals surface area (Å²) in [7, 11) is 0. The van der Waals surface area contributed by atoms with E-state index in [0.29, 0.717) is 35.8 Å². The molecule has 0 aliphatic heterocycles. The van der Waals surface area contributed by atoms with Crippen molar-refractivity contribution in [3.05, 3.63) is 382 Å². The molecule has 0 amide bonds. The Balaban J connectivity index is 0. The minimum atomic E-state index is 0. The van der Waals surface area contributed by atoms with Gasteiger partial charge in [-0.05, 0) is 37.2 Å². The van der Waals surface area contributed by atoms with Crippen LogP contribution in [0.4, 0.5) is 0 Å². The number of aliphatic imine (C=N–C) groups is 1. The van der Waals surface area contributed by atoms with Crippen molar-refractivity contribution in [2.45, 2.75) is 107 Å². The van der Waals surface area contributed by atoms with E-state index in [4.69, 9.17) is 10.3 Å². The molecule has 0 fully saturated rings. The van der Waals surface area contributed by atoms with Crippen LogP contribution < -0.4 is 0 Å². The number of hydrogen-bond donors (Lipinski definition) is 0. The van der Waals surface area contributed by atoms with E-state index in [-0.39, 0.29) is 58.6 Å². The Kier molecular flexibility index (Phi) is 50.9. The van der Waals surface area contributed by atoms with Crippen LogP contribution in [0.2, 0.25) is 0 Å². The Morgan fingerprint density at radius 2 is 0.552 bits per heavy atom. The van der Waals surface area contributed by atoms with Gasteiger partial charge in [0.1, 0.15) is 0 Å². The molecule has 0 spiro atoms. The van der Waals surface area contributed by atoms with Crippen molar-refractivity contribution in [2.75, 3.05) is 0 Å². The smallest absolute Gasteiger partial charge is 0.675 e. The fourth-order valence-corrected chi connectivity index (χ4v) is 7.93. The fourth-order valence-electron chi connectivity index (χ4n) is 7.93. The van der Waals surface area contributed by atoms with Gasteiger partial charge < -0.3 is 10.6 Å². The molecule has 0 radical (unpaired) electrons. The zero-order valence-electron chi connectivity index (χ0n) is 54.4. The molecule has 0 aliphatic carbocycles. The van der Waals surface area contributed by atoms with Crippen molar-refractivity contribution in [1.29, 1.82) is 0 Å². The van der Waals surface area contributed by atoms with E-state index in [1.54, 1.807) is 0 Å². The first-order valence-corrected chi connectivity index (χ1v) is 29.8. The second-order valence-corrected chi connectivity index (χ2v) is 21.8. The van der Waals surface area contributed by atoms with Crippen molar-refractivity contribution in [3.8, 4) is 0 Å². The Bertz CT molecular complexity index is 2480. The van der Waals surface area contributed by atoms with Gasteiger partial charge in [-0.1, -0.05) is 176 Å². The first-order chi connectivity index (χ1) is 40.8. The van der Waals surface area contributed by atoms with Crippen LogP contribution in [-0.4, -0.2) is 24.0 Å². The van der Waals surface area contributed by atoms with Gasteiger partial charge in [0.25, 0.3) is 0 Å². The zero-order chi connectivity index (χ0) is 62.9. The van der Waals surface area contributed by atoms with E-state index in [2.05, 4.69) is 178 Å². The first kappa shape index (κ1) is 82.5. The zero-order valence-corrected chi connectivity index (χ0v) is 59.4. The quantitative estimate of drug-likeness (QED) is 0.0815. The fraction of sp³-hybridized carbons (Fsp3) is 0.244. The summed E-state index contributed by atoms with van der Waals surface area (Å²) in [5.74, 6) is 2.41. The minimum Gasteiger partial charge on any atom is -0.675 e. The summed E-state index contributed by atoms with van der Waals surface area (Å²) in [6.45, 7) is 49.0. The molecule has 5 heteroatoms. The summed E-state index contributed by atoms with van der Waals surface area (Å²) in [6.07, 6.45) is 2.25. The van der Waals surface area contributed by atoms with E-state index in [9.17, 15) is 0 Å². The van der Waals surface area contributed by atoms with Gasteiger partial charge in [-0.25, -0.2) is 6.17 Å². The minimum absolute atomic E-state index is 0. The Morgan fingerprint density at radius 1 is 0.333 bits per heavy atom. The monoisotopic (exact) mass is 1310 g/mol. The Hall–Kier alpha value is -6.57. The molecule has 0 heterocycles. The maximum Gasteiger partial charge on any atom is 4.00 e. The van der Waals surface area contributed by atoms with Crippen LogP contribution >= 0.6 is 0 Å². The van der Waals surface area contributed by atoms with E-state index < -0.39 is 0 Å². The summed E-state index contributed by atoms with van der Waals surface area (Å²) >= 11 is 0. The normalized spacial score (nSPS) is 10.3. The summed E-state index contributed by atoms with van der Waals surface area (Å²) in [5.41, 5.74) is 11.4. The van der Waals surface area contributed by atoms with Crippen LogP contribution in [0.25, 0.3) is 10.6 Å². The second kappa shape index (κ2) is 53.6. The molecule has 9 aromatic rings. The molecular weight excluding hydrogens is 1210 g/mol. The molecule has 0 saturated heterocycles. The molecule has 458 valence electrons. The molecular formula is C82H102N3Zr2-5. The molecule has 1 atom stereocenters. The number of aryl methyl sites for hydroxylation is 1. The van der Waals surface area contributed by atoms with Gasteiger partial charge in [0.05, 0.1) is 6.04 Å². The van der Waals surface area contributed by atoms with Crippen LogP contribution in [0, 0.1) is 72.1 Å². The first-order valence-electron chi connectivity index (χ1n) is 29.8. The molecule has 0 bridgehead atoms. The van der Waals surface area contributed by atoms with Crippen LogP contribution in [0.3, 0.4) is 0 Å². The third-order valence-corrected chi connectivity index (χ3v) is 12.4. The van der Waals surface area contributed by atoms with Crippen molar-refractivity contribution in [3.63, 3.8) is 0 Å². The number of rotatable bonds is 13. The predicted octanol–water partition coefficient (Wildman–Crippen LogP) is 22.8. The van der Waals surface area contributed by atoms with Gasteiger partial charge in [0, 0.05) is 31.9 Å². The molecule has 1 unspecified atom stereocenters. The second-order valence-electron chi connectivity index (χ2n) is 21.8.